The zero-order valence-electron chi connectivity index (χ0n) is 19.8. The van der Waals surface area contributed by atoms with Crippen LogP contribution in [0.25, 0.3) is 0 Å². The van der Waals surface area contributed by atoms with Crippen LogP contribution in [0.3, 0.4) is 0 Å². The number of nitrogens with one attached hydrogen (secondary N) is 3. The van der Waals surface area contributed by atoms with Crippen LogP contribution in [-0.2, 0) is 9.53 Å². The molecule has 2 amide bonds. The summed E-state index contributed by atoms with van der Waals surface area (Å²) in [6, 6.07) is 0.100. The van der Waals surface area contributed by atoms with Crippen LogP contribution in [0, 0.1) is 0 Å². The number of carbonyl (C=O) groups excluding carboxylic acids is 2. The number of hydrogen-bond acceptors (Lipinski definition) is 6. The summed E-state index contributed by atoms with van der Waals surface area (Å²) in [5.41, 5.74) is 5.61. The molecule has 31 heavy (non-hydrogen) atoms. The number of rotatable bonds is 7. The monoisotopic (exact) mass is 435 g/mol. The third-order valence-electron chi connectivity index (χ3n) is 6.11. The van der Waals surface area contributed by atoms with Crippen molar-refractivity contribution in [2.45, 2.75) is 90.3 Å². The summed E-state index contributed by atoms with van der Waals surface area (Å²) in [4.78, 5) is 27.1. The van der Waals surface area contributed by atoms with Gasteiger partial charge in [-0.1, -0.05) is 6.92 Å². The summed E-state index contributed by atoms with van der Waals surface area (Å²) in [5, 5.41) is 8.59. The van der Waals surface area contributed by atoms with E-state index in [1.54, 1.807) is 0 Å². The second kappa shape index (κ2) is 10.7. The number of amides is 2. The van der Waals surface area contributed by atoms with E-state index in [9.17, 15) is 9.59 Å². The van der Waals surface area contributed by atoms with Gasteiger partial charge in [-0.25, -0.2) is 10.2 Å². The molecule has 0 saturated carbocycles. The van der Waals surface area contributed by atoms with E-state index in [4.69, 9.17) is 4.74 Å². The van der Waals surface area contributed by atoms with Crippen molar-refractivity contribution >= 4 is 12.0 Å². The molecule has 2 unspecified atom stereocenters. The predicted molar refractivity (Wildman–Crippen MR) is 121 cm³/mol. The van der Waals surface area contributed by atoms with E-state index < -0.39 is 5.60 Å². The summed E-state index contributed by atoms with van der Waals surface area (Å²) in [6.07, 6.45) is 6.99. The Morgan fingerprint density at radius 2 is 1.90 bits per heavy atom. The maximum atomic E-state index is 13.3. The largest absolute Gasteiger partial charge is 0.444 e. The Morgan fingerprint density at radius 1 is 1.16 bits per heavy atom. The summed E-state index contributed by atoms with van der Waals surface area (Å²) < 4.78 is 5.28. The molecular formula is C23H41N5O3. The summed E-state index contributed by atoms with van der Waals surface area (Å²) in [7, 11) is 0. The molecule has 0 aromatic rings. The Kier molecular flexibility index (Phi) is 8.22. The molecule has 2 atom stereocenters. The third kappa shape index (κ3) is 6.59. The average Bonchev–Trinajstić information content (AvgIpc) is 3.08. The predicted octanol–water partition coefficient (Wildman–Crippen LogP) is 2.52. The van der Waals surface area contributed by atoms with Crippen LogP contribution >= 0.6 is 0 Å². The quantitative estimate of drug-likeness (QED) is 0.533. The van der Waals surface area contributed by atoms with E-state index in [0.717, 1.165) is 58.2 Å². The second-order valence-electron chi connectivity index (χ2n) is 9.89. The van der Waals surface area contributed by atoms with E-state index in [2.05, 4.69) is 28.0 Å². The molecule has 3 rings (SSSR count). The first-order valence-electron chi connectivity index (χ1n) is 12.0. The standard InChI is InChI=1S/C23H41N5O3/c1-5-13-28-19-10-9-17(24-11-12-25-22(30)31-23(2,3)4)16-18(19)20(26-28)21(29)27-14-7-6-8-15-27/h17,20,24,26H,5-16H2,1-4H3,(H,25,30). The molecule has 0 aromatic heterocycles. The van der Waals surface area contributed by atoms with Gasteiger partial charge in [0, 0.05) is 44.5 Å². The van der Waals surface area contributed by atoms with E-state index in [0.29, 0.717) is 19.1 Å². The molecule has 0 bridgehead atoms. The highest BCUT2D eigenvalue weighted by Crippen LogP contribution is 2.34. The number of carbonyl (C=O) groups is 2. The zero-order valence-corrected chi connectivity index (χ0v) is 19.8. The van der Waals surface area contributed by atoms with Gasteiger partial charge in [0.1, 0.15) is 11.6 Å². The normalized spacial score (nSPS) is 24.3. The van der Waals surface area contributed by atoms with Crippen molar-refractivity contribution in [1.29, 1.82) is 0 Å². The van der Waals surface area contributed by atoms with Gasteiger partial charge in [-0.3, -0.25) is 4.79 Å². The van der Waals surface area contributed by atoms with Crippen LogP contribution in [0.4, 0.5) is 4.79 Å². The number of hydrogen-bond donors (Lipinski definition) is 3. The number of likely N-dealkylation sites (tertiary alicyclic amines) is 1. The minimum Gasteiger partial charge on any atom is -0.444 e. The Hall–Kier alpha value is -1.80. The van der Waals surface area contributed by atoms with E-state index in [-0.39, 0.29) is 18.0 Å². The Balaban J connectivity index is 1.54. The number of hydrazine groups is 1. The highest BCUT2D eigenvalue weighted by molar-refractivity contribution is 5.86. The lowest BCUT2D eigenvalue weighted by Gasteiger charge is -2.31. The molecule has 0 radical (unpaired) electrons. The summed E-state index contributed by atoms with van der Waals surface area (Å²) in [6.45, 7) is 11.6. The van der Waals surface area contributed by atoms with Gasteiger partial charge in [0.25, 0.3) is 0 Å². The molecule has 0 spiro atoms. The Bertz CT molecular complexity index is 667. The van der Waals surface area contributed by atoms with E-state index in [1.807, 2.05) is 25.7 Å². The fraction of sp³-hybridized carbons (Fsp3) is 0.826. The number of allylic oxidation sites excluding steroid dienone is 1. The van der Waals surface area contributed by atoms with Crippen molar-refractivity contribution in [2.24, 2.45) is 0 Å². The molecule has 3 aliphatic rings. The molecule has 1 aliphatic carbocycles. The number of alkyl carbamates (subject to hydrolysis) is 1. The van der Waals surface area contributed by atoms with Gasteiger partial charge in [-0.15, -0.1) is 0 Å². The molecule has 8 heteroatoms. The molecule has 1 fully saturated rings. The lowest BCUT2D eigenvalue weighted by atomic mass is 9.88. The highest BCUT2D eigenvalue weighted by Gasteiger charge is 2.40. The fourth-order valence-corrected chi connectivity index (χ4v) is 4.71. The summed E-state index contributed by atoms with van der Waals surface area (Å²) >= 11 is 0. The molecule has 0 aromatic carbocycles. The van der Waals surface area contributed by atoms with Crippen LogP contribution in [0.1, 0.15) is 72.6 Å². The van der Waals surface area contributed by atoms with Crippen LogP contribution in [0.5, 0.6) is 0 Å². The highest BCUT2D eigenvalue weighted by atomic mass is 16.6. The lowest BCUT2D eigenvalue weighted by molar-refractivity contribution is -0.134. The second-order valence-corrected chi connectivity index (χ2v) is 9.89. The number of nitrogens with zero attached hydrogens (tertiary/aromatic N) is 2. The molecule has 2 heterocycles. The van der Waals surface area contributed by atoms with Crippen molar-refractivity contribution in [2.75, 3.05) is 32.7 Å². The fourth-order valence-electron chi connectivity index (χ4n) is 4.71. The van der Waals surface area contributed by atoms with Crippen molar-refractivity contribution in [3.8, 4) is 0 Å². The van der Waals surface area contributed by atoms with Crippen molar-refractivity contribution in [3.05, 3.63) is 11.3 Å². The Morgan fingerprint density at radius 3 is 2.58 bits per heavy atom. The van der Waals surface area contributed by atoms with E-state index in [1.165, 1.54) is 17.7 Å². The maximum absolute atomic E-state index is 13.3. The van der Waals surface area contributed by atoms with Gasteiger partial charge in [0.2, 0.25) is 5.91 Å². The number of piperidine rings is 1. The van der Waals surface area contributed by atoms with Gasteiger partial charge < -0.3 is 25.3 Å². The Labute approximate surface area is 187 Å². The van der Waals surface area contributed by atoms with Crippen molar-refractivity contribution in [1.82, 2.24) is 26.0 Å². The van der Waals surface area contributed by atoms with E-state index >= 15 is 0 Å². The molecule has 176 valence electrons. The van der Waals surface area contributed by atoms with Gasteiger partial charge in [-0.2, -0.15) is 0 Å². The zero-order chi connectivity index (χ0) is 22.4. The minimum absolute atomic E-state index is 0.218. The van der Waals surface area contributed by atoms with Crippen molar-refractivity contribution < 1.29 is 14.3 Å². The first kappa shape index (κ1) is 23.9. The molecular weight excluding hydrogens is 394 g/mol. The van der Waals surface area contributed by atoms with Gasteiger partial charge >= 0.3 is 6.09 Å². The van der Waals surface area contributed by atoms with Crippen LogP contribution in [0.15, 0.2) is 11.3 Å². The van der Waals surface area contributed by atoms with Gasteiger partial charge in [0.15, 0.2) is 0 Å². The summed E-state index contributed by atoms with van der Waals surface area (Å²) in [5.74, 6) is 0.234. The van der Waals surface area contributed by atoms with Crippen molar-refractivity contribution in [3.63, 3.8) is 0 Å². The topological polar surface area (TPSA) is 85.9 Å². The first-order chi connectivity index (χ1) is 14.8. The number of ether oxygens (including phenoxy) is 1. The van der Waals surface area contributed by atoms with Crippen LogP contribution in [0.2, 0.25) is 0 Å². The molecule has 3 N–H and O–H groups in total. The lowest BCUT2D eigenvalue weighted by Crippen LogP contribution is -2.50. The molecule has 1 saturated heterocycles. The molecule has 8 nitrogen and oxygen atoms in total. The SMILES string of the molecule is CCCN1NC(C(=O)N2CCCCC2)C2=C1CCC(NCCNC(=O)OC(C)(C)C)C2. The average molecular weight is 436 g/mol. The minimum atomic E-state index is -0.487. The van der Waals surface area contributed by atoms with Crippen LogP contribution in [-0.4, -0.2) is 72.3 Å². The smallest absolute Gasteiger partial charge is 0.407 e. The third-order valence-corrected chi connectivity index (χ3v) is 6.11. The van der Waals surface area contributed by atoms with Crippen LogP contribution < -0.4 is 16.1 Å². The first-order valence-corrected chi connectivity index (χ1v) is 12.0. The molecule has 2 aliphatic heterocycles. The van der Waals surface area contributed by atoms with Gasteiger partial charge in [-0.05, 0) is 71.3 Å². The maximum Gasteiger partial charge on any atom is 0.407 e. The van der Waals surface area contributed by atoms with Gasteiger partial charge in [0.05, 0.1) is 0 Å².